The van der Waals surface area contributed by atoms with Crippen molar-refractivity contribution in [2.45, 2.75) is 19.9 Å². The number of rotatable bonds is 4. The highest BCUT2D eigenvalue weighted by Crippen LogP contribution is 2.39. The van der Waals surface area contributed by atoms with Gasteiger partial charge in [0, 0.05) is 12.6 Å². The van der Waals surface area contributed by atoms with Crippen molar-refractivity contribution in [1.29, 1.82) is 0 Å². The topological polar surface area (TPSA) is 70.1 Å². The summed E-state index contributed by atoms with van der Waals surface area (Å²) in [5, 5.41) is 9.11. The van der Waals surface area contributed by atoms with Gasteiger partial charge in [-0.25, -0.2) is 4.79 Å². The number of aliphatic carboxylic acids is 1. The summed E-state index contributed by atoms with van der Waals surface area (Å²) >= 11 is 6.23. The molecule has 0 saturated carbocycles. The van der Waals surface area contributed by atoms with Gasteiger partial charge in [-0.2, -0.15) is 0 Å². The molecule has 2 aliphatic heterocycles. The quantitative estimate of drug-likeness (QED) is 0.640. The Balaban J connectivity index is 1.85. The van der Waals surface area contributed by atoms with Gasteiger partial charge in [0.05, 0.1) is 10.6 Å². The fourth-order valence-corrected chi connectivity index (χ4v) is 3.95. The number of ether oxygens (including phenoxy) is 1. The second-order valence-electron chi connectivity index (χ2n) is 5.41. The van der Waals surface area contributed by atoms with Crippen LogP contribution < -0.4 is 9.64 Å². The fourth-order valence-electron chi connectivity index (χ4n) is 2.59. The summed E-state index contributed by atoms with van der Waals surface area (Å²) in [5.74, 6) is -0.126. The van der Waals surface area contributed by atoms with Crippen molar-refractivity contribution in [1.82, 2.24) is 4.90 Å². The molecular formula is C17H16N2O4S2. The lowest BCUT2D eigenvalue weighted by Gasteiger charge is -2.18. The molecule has 0 spiro atoms. The SMILES string of the molecule is CCN1/C(=C\C=C2\SC(=S)N(C(C)C(=O)O)C2=O)Oc2ccccc21. The second kappa shape index (κ2) is 6.89. The van der Waals surface area contributed by atoms with Crippen molar-refractivity contribution in [3.8, 4) is 5.75 Å². The number of thiocarbonyl (C=S) groups is 1. The number of benzene rings is 1. The third kappa shape index (κ3) is 3.14. The molecule has 3 rings (SSSR count). The molecule has 25 heavy (non-hydrogen) atoms. The molecule has 0 aliphatic carbocycles. The van der Waals surface area contributed by atoms with Crippen LogP contribution >= 0.6 is 24.0 Å². The van der Waals surface area contributed by atoms with Crippen molar-refractivity contribution in [2.24, 2.45) is 0 Å². The number of carboxylic acids is 1. The zero-order valence-electron chi connectivity index (χ0n) is 13.6. The average Bonchev–Trinajstić information content (AvgIpc) is 3.08. The van der Waals surface area contributed by atoms with Crippen LogP contribution in [0.5, 0.6) is 5.75 Å². The summed E-state index contributed by atoms with van der Waals surface area (Å²) in [7, 11) is 0. The van der Waals surface area contributed by atoms with Crippen LogP contribution in [0.25, 0.3) is 0 Å². The molecule has 130 valence electrons. The van der Waals surface area contributed by atoms with Gasteiger partial charge in [0.2, 0.25) is 5.88 Å². The number of hydrogen-bond donors (Lipinski definition) is 1. The summed E-state index contributed by atoms with van der Waals surface area (Å²) in [6.45, 7) is 4.16. The first-order valence-corrected chi connectivity index (χ1v) is 8.91. The molecule has 1 aromatic carbocycles. The predicted molar refractivity (Wildman–Crippen MR) is 100 cm³/mol. The fraction of sp³-hybridized carbons (Fsp3) is 0.235. The number of amides is 1. The molecule has 2 heterocycles. The highest BCUT2D eigenvalue weighted by Gasteiger charge is 2.38. The van der Waals surface area contributed by atoms with Crippen LogP contribution in [0, 0.1) is 0 Å². The molecule has 6 nitrogen and oxygen atoms in total. The van der Waals surface area contributed by atoms with Gasteiger partial charge in [-0.15, -0.1) is 0 Å². The lowest BCUT2D eigenvalue weighted by molar-refractivity contribution is -0.144. The molecule has 1 amide bonds. The summed E-state index contributed by atoms with van der Waals surface area (Å²) < 4.78 is 6.07. The van der Waals surface area contributed by atoms with E-state index in [4.69, 9.17) is 22.1 Å². The standard InChI is InChI=1S/C17H16N2O4S2/c1-3-18-11-6-4-5-7-12(11)23-14(18)9-8-13-15(20)19(17(24)25-13)10(2)16(21)22/h4-10H,3H2,1-2H3,(H,21,22)/b13-8+,14-9+. The minimum absolute atomic E-state index is 0.243. The number of fused-ring (bicyclic) bond motifs is 1. The maximum atomic E-state index is 12.4. The largest absolute Gasteiger partial charge is 0.480 e. The molecule has 1 saturated heterocycles. The van der Waals surface area contributed by atoms with Gasteiger partial charge in [0.15, 0.2) is 5.75 Å². The van der Waals surface area contributed by atoms with Crippen LogP contribution in [0.3, 0.4) is 0 Å². The smallest absolute Gasteiger partial charge is 0.326 e. The number of anilines is 1. The molecule has 0 bridgehead atoms. The maximum Gasteiger partial charge on any atom is 0.326 e. The van der Waals surface area contributed by atoms with Crippen molar-refractivity contribution < 1.29 is 19.4 Å². The molecule has 1 unspecified atom stereocenters. The summed E-state index contributed by atoms with van der Waals surface area (Å²) in [6, 6.07) is 6.69. The van der Waals surface area contributed by atoms with Crippen LogP contribution in [-0.2, 0) is 9.59 Å². The van der Waals surface area contributed by atoms with E-state index in [9.17, 15) is 9.59 Å². The first kappa shape index (κ1) is 17.5. The van der Waals surface area contributed by atoms with E-state index < -0.39 is 17.9 Å². The van der Waals surface area contributed by atoms with E-state index in [2.05, 4.69) is 0 Å². The number of allylic oxidation sites excluding steroid dienone is 2. The third-order valence-electron chi connectivity index (χ3n) is 3.90. The first-order chi connectivity index (χ1) is 11.9. The molecule has 8 heteroatoms. The molecule has 1 fully saturated rings. The maximum absolute atomic E-state index is 12.4. The van der Waals surface area contributed by atoms with E-state index in [1.165, 1.54) is 6.92 Å². The van der Waals surface area contributed by atoms with Crippen LogP contribution in [0.2, 0.25) is 0 Å². The van der Waals surface area contributed by atoms with E-state index >= 15 is 0 Å². The molecule has 1 atom stereocenters. The second-order valence-corrected chi connectivity index (χ2v) is 7.08. The predicted octanol–water partition coefficient (Wildman–Crippen LogP) is 2.96. The number of carboxylic acid groups (broad SMARTS) is 1. The van der Waals surface area contributed by atoms with Gasteiger partial charge >= 0.3 is 5.97 Å². The highest BCUT2D eigenvalue weighted by atomic mass is 32.2. The van der Waals surface area contributed by atoms with Crippen molar-refractivity contribution in [3.05, 3.63) is 47.2 Å². The van der Waals surface area contributed by atoms with Crippen molar-refractivity contribution in [3.63, 3.8) is 0 Å². The summed E-state index contributed by atoms with van der Waals surface area (Å²) in [4.78, 5) is 27.1. The van der Waals surface area contributed by atoms with Crippen molar-refractivity contribution in [2.75, 3.05) is 11.4 Å². The van der Waals surface area contributed by atoms with E-state index in [-0.39, 0.29) is 4.32 Å². The molecule has 1 aromatic rings. The number of hydrogen-bond acceptors (Lipinski definition) is 6. The highest BCUT2D eigenvalue weighted by molar-refractivity contribution is 8.26. The molecule has 2 aliphatic rings. The Kier molecular flexibility index (Phi) is 4.82. The van der Waals surface area contributed by atoms with Gasteiger partial charge in [-0.05, 0) is 32.1 Å². The minimum atomic E-state index is -1.09. The van der Waals surface area contributed by atoms with E-state index in [0.29, 0.717) is 17.3 Å². The number of para-hydroxylation sites is 2. The van der Waals surface area contributed by atoms with Gasteiger partial charge in [0.25, 0.3) is 5.91 Å². The summed E-state index contributed by atoms with van der Waals surface area (Å²) in [6.07, 6.45) is 3.33. The number of nitrogens with zero attached hydrogens (tertiary/aromatic N) is 2. The number of carbonyl (C=O) groups is 2. The summed E-state index contributed by atoms with van der Waals surface area (Å²) in [5.41, 5.74) is 0.969. The lowest BCUT2D eigenvalue weighted by Crippen LogP contribution is -2.41. The number of thioether (sulfide) groups is 1. The van der Waals surface area contributed by atoms with Crippen LogP contribution in [0.4, 0.5) is 5.69 Å². The van der Waals surface area contributed by atoms with Crippen LogP contribution in [0.15, 0.2) is 47.2 Å². The van der Waals surface area contributed by atoms with Crippen LogP contribution in [-0.4, -0.2) is 38.8 Å². The van der Waals surface area contributed by atoms with Gasteiger partial charge in [0.1, 0.15) is 10.4 Å². The molecule has 0 radical (unpaired) electrons. The van der Waals surface area contributed by atoms with Gasteiger partial charge in [-0.3, -0.25) is 9.69 Å². The Morgan fingerprint density at radius 1 is 1.40 bits per heavy atom. The van der Waals surface area contributed by atoms with Gasteiger partial charge in [-0.1, -0.05) is 36.1 Å². The first-order valence-electron chi connectivity index (χ1n) is 7.68. The monoisotopic (exact) mass is 376 g/mol. The molecular weight excluding hydrogens is 360 g/mol. The lowest BCUT2D eigenvalue weighted by atomic mass is 10.3. The Hall–Kier alpha value is -2.32. The van der Waals surface area contributed by atoms with E-state index in [0.717, 1.165) is 28.1 Å². The third-order valence-corrected chi connectivity index (χ3v) is 5.25. The Bertz CT molecular complexity index is 819. The zero-order valence-corrected chi connectivity index (χ0v) is 15.3. The normalized spacial score (nSPS) is 21.0. The molecule has 0 aromatic heterocycles. The zero-order chi connectivity index (χ0) is 18.1. The minimum Gasteiger partial charge on any atom is -0.480 e. The number of carbonyl (C=O) groups excluding carboxylic acids is 1. The Morgan fingerprint density at radius 2 is 2.12 bits per heavy atom. The Morgan fingerprint density at radius 3 is 2.80 bits per heavy atom. The van der Waals surface area contributed by atoms with Gasteiger partial charge < -0.3 is 14.7 Å². The van der Waals surface area contributed by atoms with E-state index in [1.807, 2.05) is 36.1 Å². The van der Waals surface area contributed by atoms with Crippen molar-refractivity contribution >= 4 is 45.9 Å². The van der Waals surface area contributed by atoms with Crippen LogP contribution in [0.1, 0.15) is 13.8 Å². The average molecular weight is 376 g/mol. The van der Waals surface area contributed by atoms with E-state index in [1.54, 1.807) is 12.2 Å². The molecule has 1 N–H and O–H groups in total. The Labute approximate surface area is 154 Å².